The zero-order valence-electron chi connectivity index (χ0n) is 15.5. The van der Waals surface area contributed by atoms with Crippen LogP contribution < -0.4 is 5.48 Å². The van der Waals surface area contributed by atoms with E-state index in [0.717, 1.165) is 22.6 Å². The molecule has 0 spiro atoms. The van der Waals surface area contributed by atoms with Gasteiger partial charge in [0.05, 0.1) is 0 Å². The Morgan fingerprint density at radius 1 is 1.14 bits per heavy atom. The maximum Gasteiger partial charge on any atom is 0.335 e. The number of carboxylic acid groups (broad SMARTS) is 1. The van der Waals surface area contributed by atoms with E-state index in [4.69, 9.17) is 14.4 Å². The van der Waals surface area contributed by atoms with Crippen LogP contribution in [0.5, 0.6) is 0 Å². The molecule has 0 aliphatic heterocycles. The summed E-state index contributed by atoms with van der Waals surface area (Å²) in [6, 6.07) is 19.7. The van der Waals surface area contributed by atoms with E-state index in [1.807, 2.05) is 60.7 Å². The highest BCUT2D eigenvalue weighted by Gasteiger charge is 2.16. The van der Waals surface area contributed by atoms with Gasteiger partial charge in [0.2, 0.25) is 0 Å². The van der Waals surface area contributed by atoms with Crippen LogP contribution in [0.2, 0.25) is 0 Å². The van der Waals surface area contributed by atoms with Gasteiger partial charge in [0.25, 0.3) is 0 Å². The molecule has 1 aromatic heterocycles. The van der Waals surface area contributed by atoms with Crippen molar-refractivity contribution in [2.75, 3.05) is 0 Å². The number of hydrogen-bond acceptors (Lipinski definition) is 5. The molecule has 0 bridgehead atoms. The van der Waals surface area contributed by atoms with Gasteiger partial charge in [0.1, 0.15) is 5.69 Å². The molecule has 0 aliphatic carbocycles. The van der Waals surface area contributed by atoms with E-state index in [2.05, 4.69) is 10.5 Å². The minimum atomic E-state index is -1.00. The largest absolute Gasteiger partial charge is 0.479 e. The first-order chi connectivity index (χ1) is 13.7. The van der Waals surface area contributed by atoms with Crippen molar-refractivity contribution < 1.29 is 19.2 Å². The summed E-state index contributed by atoms with van der Waals surface area (Å²) in [4.78, 5) is 20.6. The Labute approximate surface area is 163 Å². The van der Waals surface area contributed by atoms with Gasteiger partial charge in [-0.05, 0) is 6.42 Å². The van der Waals surface area contributed by atoms with Gasteiger partial charge in [0, 0.05) is 23.7 Å². The monoisotopic (exact) mass is 378 g/mol. The summed E-state index contributed by atoms with van der Waals surface area (Å²) in [7, 11) is 0. The molecule has 28 heavy (non-hydrogen) atoms. The van der Waals surface area contributed by atoms with Gasteiger partial charge in [-0.3, -0.25) is 10.3 Å². The van der Waals surface area contributed by atoms with E-state index in [1.54, 1.807) is 19.2 Å². The van der Waals surface area contributed by atoms with Crippen LogP contribution in [-0.2, 0) is 16.1 Å². The van der Waals surface area contributed by atoms with Gasteiger partial charge in [-0.1, -0.05) is 73.7 Å². The van der Waals surface area contributed by atoms with Crippen molar-refractivity contribution in [2.45, 2.75) is 25.9 Å². The highest BCUT2D eigenvalue weighted by atomic mass is 16.7. The Kier molecular flexibility index (Phi) is 6.59. The smallest absolute Gasteiger partial charge is 0.335 e. The summed E-state index contributed by atoms with van der Waals surface area (Å²) in [6.07, 6.45) is 3.23. The Balaban J connectivity index is 1.75. The van der Waals surface area contributed by atoms with Crippen molar-refractivity contribution in [1.29, 1.82) is 0 Å². The van der Waals surface area contributed by atoms with E-state index in [9.17, 15) is 4.79 Å². The van der Waals surface area contributed by atoms with E-state index < -0.39 is 12.1 Å². The average Bonchev–Trinajstić information content (AvgIpc) is 3.16. The van der Waals surface area contributed by atoms with Gasteiger partial charge < -0.3 is 9.52 Å². The molecule has 1 heterocycles. The van der Waals surface area contributed by atoms with Gasteiger partial charge in [0.15, 0.2) is 17.8 Å². The molecule has 1 atom stereocenters. The number of aromatic nitrogens is 1. The number of allylic oxidation sites excluding steroid dienone is 1. The summed E-state index contributed by atoms with van der Waals surface area (Å²) >= 11 is 0. The summed E-state index contributed by atoms with van der Waals surface area (Å²) in [6.45, 7) is 1.74. The number of aliphatic carboxylic acids is 1. The van der Waals surface area contributed by atoms with Crippen molar-refractivity contribution in [3.63, 3.8) is 0 Å². The van der Waals surface area contributed by atoms with E-state index in [1.165, 1.54) is 0 Å². The van der Waals surface area contributed by atoms with E-state index >= 15 is 0 Å². The van der Waals surface area contributed by atoms with Crippen LogP contribution in [0.3, 0.4) is 0 Å². The van der Waals surface area contributed by atoms with Crippen LogP contribution in [0.4, 0.5) is 0 Å². The number of nitrogens with zero attached hydrogens (tertiary/aromatic N) is 1. The molecule has 0 amide bonds. The van der Waals surface area contributed by atoms with Gasteiger partial charge in [-0.25, -0.2) is 9.78 Å². The maximum atomic E-state index is 10.9. The van der Waals surface area contributed by atoms with Crippen molar-refractivity contribution >= 4 is 5.97 Å². The number of rotatable bonds is 9. The van der Waals surface area contributed by atoms with Crippen molar-refractivity contribution in [2.24, 2.45) is 0 Å². The molecule has 0 aliphatic rings. The minimum absolute atomic E-state index is 0.372. The number of benzene rings is 2. The van der Waals surface area contributed by atoms with Gasteiger partial charge in [-0.15, -0.1) is 0 Å². The van der Waals surface area contributed by atoms with Crippen LogP contribution in [0.25, 0.3) is 22.6 Å². The van der Waals surface area contributed by atoms with Crippen LogP contribution in [0, 0.1) is 0 Å². The second-order valence-corrected chi connectivity index (χ2v) is 6.09. The first-order valence-corrected chi connectivity index (χ1v) is 9.08. The third-order valence-corrected chi connectivity index (χ3v) is 4.09. The molecule has 3 rings (SSSR count). The number of oxazole rings is 1. The zero-order chi connectivity index (χ0) is 19.8. The van der Waals surface area contributed by atoms with Crippen LogP contribution in [0.15, 0.2) is 77.4 Å². The molecule has 0 radical (unpaired) electrons. The summed E-state index contributed by atoms with van der Waals surface area (Å²) in [5.41, 5.74) is 5.27. The van der Waals surface area contributed by atoms with Crippen molar-refractivity contribution in [3.05, 3.63) is 78.8 Å². The highest BCUT2D eigenvalue weighted by Crippen LogP contribution is 2.32. The predicted molar refractivity (Wildman–Crippen MR) is 106 cm³/mol. The fraction of sp³-hybridized carbons (Fsp3) is 0.182. The fourth-order valence-corrected chi connectivity index (χ4v) is 2.67. The number of carbonyl (C=O) groups is 1. The number of hydroxylamine groups is 1. The lowest BCUT2D eigenvalue weighted by molar-refractivity contribution is -0.154. The molecule has 0 saturated heterocycles. The van der Waals surface area contributed by atoms with Gasteiger partial charge >= 0.3 is 5.97 Å². The SMILES string of the molecule is CCC(ONC=CCc1nc(-c2ccccc2)c(-c2ccccc2)o1)C(=O)O. The third-order valence-electron chi connectivity index (χ3n) is 4.09. The molecular weight excluding hydrogens is 356 g/mol. The predicted octanol–water partition coefficient (Wildman–Crippen LogP) is 4.45. The number of carboxylic acids is 1. The topological polar surface area (TPSA) is 84.6 Å². The first kappa shape index (κ1) is 19.4. The summed E-state index contributed by atoms with van der Waals surface area (Å²) < 4.78 is 6.02. The van der Waals surface area contributed by atoms with Crippen LogP contribution in [-0.4, -0.2) is 22.2 Å². The second kappa shape index (κ2) is 9.53. The molecule has 3 aromatic rings. The standard InChI is InChI=1S/C22H22N2O4/c1-2-18(22(25)26)28-23-15-9-14-19-24-20(16-10-5-3-6-11-16)21(27-19)17-12-7-4-8-13-17/h3-13,15,18,23H,2,14H2,1H3,(H,25,26). The van der Waals surface area contributed by atoms with E-state index in [-0.39, 0.29) is 0 Å². The molecule has 6 nitrogen and oxygen atoms in total. The average molecular weight is 378 g/mol. The van der Waals surface area contributed by atoms with Crippen LogP contribution >= 0.6 is 0 Å². The second-order valence-electron chi connectivity index (χ2n) is 6.09. The number of hydrogen-bond donors (Lipinski definition) is 2. The van der Waals surface area contributed by atoms with Gasteiger partial charge in [-0.2, -0.15) is 0 Å². The molecule has 144 valence electrons. The molecule has 1 unspecified atom stereocenters. The van der Waals surface area contributed by atoms with Crippen molar-refractivity contribution in [1.82, 2.24) is 10.5 Å². The molecule has 0 saturated carbocycles. The Bertz CT molecular complexity index is 863. The first-order valence-electron chi connectivity index (χ1n) is 9.08. The maximum absolute atomic E-state index is 10.9. The third kappa shape index (κ3) is 4.86. The normalized spacial score (nSPS) is 12.2. The summed E-state index contributed by atoms with van der Waals surface area (Å²) in [5, 5.41) is 8.94. The zero-order valence-corrected chi connectivity index (χ0v) is 15.5. The van der Waals surface area contributed by atoms with Crippen LogP contribution in [0.1, 0.15) is 19.2 Å². The quantitative estimate of drug-likeness (QED) is 0.535. The Morgan fingerprint density at radius 2 is 1.79 bits per heavy atom. The molecular formula is C22H22N2O4. The highest BCUT2D eigenvalue weighted by molar-refractivity contribution is 5.76. The van der Waals surface area contributed by atoms with Crippen molar-refractivity contribution in [3.8, 4) is 22.6 Å². The Morgan fingerprint density at radius 3 is 2.39 bits per heavy atom. The summed E-state index contributed by atoms with van der Waals surface area (Å²) in [5.74, 6) is 0.272. The lowest BCUT2D eigenvalue weighted by Crippen LogP contribution is -2.27. The minimum Gasteiger partial charge on any atom is -0.479 e. The fourth-order valence-electron chi connectivity index (χ4n) is 2.67. The Hall–Kier alpha value is -3.38. The molecule has 2 N–H and O–H groups in total. The molecule has 2 aromatic carbocycles. The van der Waals surface area contributed by atoms with E-state index in [0.29, 0.717) is 18.7 Å². The lowest BCUT2D eigenvalue weighted by atomic mass is 10.1. The molecule has 0 fully saturated rings. The molecule has 6 heteroatoms. The lowest BCUT2D eigenvalue weighted by Gasteiger charge is -2.09. The number of nitrogens with one attached hydrogen (secondary N) is 1.